The summed E-state index contributed by atoms with van der Waals surface area (Å²) in [7, 11) is 0. The van der Waals surface area contributed by atoms with Crippen LogP contribution in [0.1, 0.15) is 44.6 Å². The molecule has 112 valence electrons. The maximum Gasteiger partial charge on any atom is 0.255 e. The Balaban J connectivity index is 2.07. The Kier molecular flexibility index (Phi) is 4.81. The van der Waals surface area contributed by atoms with Crippen molar-refractivity contribution in [3.05, 3.63) is 22.2 Å². The predicted molar refractivity (Wildman–Crippen MR) is 80.1 cm³/mol. The number of aromatic nitrogens is 2. The number of hydrogen-bond donors (Lipinski definition) is 2. The van der Waals surface area contributed by atoms with Crippen molar-refractivity contribution < 1.29 is 5.11 Å². The largest absolute Gasteiger partial charge is 0.396 e. The molecule has 5 nitrogen and oxygen atoms in total. The van der Waals surface area contributed by atoms with Crippen LogP contribution in [0.3, 0.4) is 0 Å². The van der Waals surface area contributed by atoms with Gasteiger partial charge < -0.3 is 15.0 Å². The van der Waals surface area contributed by atoms with E-state index < -0.39 is 0 Å². The fourth-order valence-corrected chi connectivity index (χ4v) is 3.01. The first-order valence-electron chi connectivity index (χ1n) is 7.52. The monoisotopic (exact) mass is 279 g/mol. The first kappa shape index (κ1) is 15.0. The predicted octanol–water partition coefficient (Wildman–Crippen LogP) is 1.85. The van der Waals surface area contributed by atoms with Crippen LogP contribution in [-0.4, -0.2) is 34.8 Å². The van der Waals surface area contributed by atoms with E-state index >= 15 is 0 Å². The lowest BCUT2D eigenvalue weighted by atomic mass is 9.75. The second-order valence-corrected chi connectivity index (χ2v) is 5.93. The minimum Gasteiger partial charge on any atom is -0.396 e. The van der Waals surface area contributed by atoms with Crippen molar-refractivity contribution in [2.75, 3.05) is 24.6 Å². The van der Waals surface area contributed by atoms with Crippen LogP contribution in [0.25, 0.3) is 0 Å². The Morgan fingerprint density at radius 2 is 2.15 bits per heavy atom. The van der Waals surface area contributed by atoms with Crippen LogP contribution in [0, 0.1) is 12.3 Å². The fraction of sp³-hybridized carbons (Fsp3) is 0.733. The number of aliphatic hydroxyl groups is 1. The first-order valence-corrected chi connectivity index (χ1v) is 7.52. The smallest absolute Gasteiger partial charge is 0.255 e. The van der Waals surface area contributed by atoms with Gasteiger partial charge in [0.2, 0.25) is 0 Å². The molecule has 5 heteroatoms. The molecule has 0 radical (unpaired) electrons. The number of piperidine rings is 1. The second-order valence-electron chi connectivity index (χ2n) is 5.93. The maximum absolute atomic E-state index is 11.6. The van der Waals surface area contributed by atoms with Crippen molar-refractivity contribution in [1.29, 1.82) is 0 Å². The molecule has 0 bridgehead atoms. The highest BCUT2D eigenvalue weighted by atomic mass is 16.3. The Labute approximate surface area is 120 Å². The Hall–Kier alpha value is -1.36. The Morgan fingerprint density at radius 1 is 1.45 bits per heavy atom. The number of unbranched alkanes of at least 4 members (excludes halogenated alkanes) is 1. The number of rotatable bonds is 5. The van der Waals surface area contributed by atoms with Crippen molar-refractivity contribution in [3.8, 4) is 0 Å². The van der Waals surface area contributed by atoms with Gasteiger partial charge in [0.25, 0.3) is 5.56 Å². The molecule has 0 saturated carbocycles. The van der Waals surface area contributed by atoms with Crippen LogP contribution < -0.4 is 10.5 Å². The maximum atomic E-state index is 11.6. The molecule has 1 fully saturated rings. The first-order chi connectivity index (χ1) is 9.62. The molecule has 2 rings (SSSR count). The lowest BCUT2D eigenvalue weighted by Crippen LogP contribution is -2.43. The molecule has 1 aliphatic rings. The number of aliphatic hydroxyl groups excluding tert-OH is 1. The van der Waals surface area contributed by atoms with Crippen LogP contribution in [-0.2, 0) is 0 Å². The number of anilines is 1. The molecule has 0 aromatic carbocycles. The minimum absolute atomic E-state index is 0.0695. The highest BCUT2D eigenvalue weighted by molar-refractivity contribution is 5.44. The highest BCUT2D eigenvalue weighted by Gasteiger charge is 2.34. The topological polar surface area (TPSA) is 69.2 Å². The summed E-state index contributed by atoms with van der Waals surface area (Å²) in [6.07, 6.45) is 6.84. The van der Waals surface area contributed by atoms with Crippen molar-refractivity contribution in [1.82, 2.24) is 9.97 Å². The summed E-state index contributed by atoms with van der Waals surface area (Å²) < 4.78 is 0. The zero-order chi connectivity index (χ0) is 14.6. The van der Waals surface area contributed by atoms with Gasteiger partial charge in [0, 0.05) is 19.7 Å². The molecule has 1 aliphatic heterocycles. The molecule has 0 atom stereocenters. The average Bonchev–Trinajstić information content (AvgIpc) is 2.49. The molecule has 2 heterocycles. The summed E-state index contributed by atoms with van der Waals surface area (Å²) >= 11 is 0. The van der Waals surface area contributed by atoms with E-state index in [1.54, 1.807) is 0 Å². The number of nitrogens with zero attached hydrogens (tertiary/aromatic N) is 2. The van der Waals surface area contributed by atoms with Gasteiger partial charge in [0.15, 0.2) is 0 Å². The molecular weight excluding hydrogens is 254 g/mol. The molecule has 1 aromatic heterocycles. The van der Waals surface area contributed by atoms with Gasteiger partial charge in [-0.05, 0) is 31.6 Å². The zero-order valence-corrected chi connectivity index (χ0v) is 12.5. The normalized spacial score (nSPS) is 18.2. The van der Waals surface area contributed by atoms with Crippen molar-refractivity contribution >= 4 is 5.82 Å². The van der Waals surface area contributed by atoms with E-state index in [4.69, 9.17) is 0 Å². The molecule has 1 aromatic rings. The lowest BCUT2D eigenvalue weighted by molar-refractivity contribution is 0.0845. The lowest BCUT2D eigenvalue weighted by Gasteiger charge is -2.41. The minimum atomic E-state index is -0.0695. The van der Waals surface area contributed by atoms with Crippen LogP contribution in [0.4, 0.5) is 5.82 Å². The third-order valence-corrected chi connectivity index (χ3v) is 4.58. The van der Waals surface area contributed by atoms with E-state index in [1.807, 2.05) is 6.92 Å². The SMILES string of the molecule is CCCCC1(CO)CCN(c2nc[nH]c(=O)c2C)CC1. The summed E-state index contributed by atoms with van der Waals surface area (Å²) in [6, 6.07) is 0. The summed E-state index contributed by atoms with van der Waals surface area (Å²) in [5.74, 6) is 0.788. The number of H-pyrrole nitrogens is 1. The highest BCUT2D eigenvalue weighted by Crippen LogP contribution is 2.37. The van der Waals surface area contributed by atoms with Gasteiger partial charge in [-0.25, -0.2) is 4.98 Å². The van der Waals surface area contributed by atoms with Gasteiger partial charge >= 0.3 is 0 Å². The summed E-state index contributed by atoms with van der Waals surface area (Å²) in [4.78, 5) is 20.7. The Bertz CT molecular complexity index is 490. The molecule has 0 spiro atoms. The van der Waals surface area contributed by atoms with Gasteiger partial charge in [0.1, 0.15) is 5.82 Å². The van der Waals surface area contributed by atoms with Crippen LogP contribution in [0.2, 0.25) is 0 Å². The van der Waals surface area contributed by atoms with E-state index in [1.165, 1.54) is 19.2 Å². The van der Waals surface area contributed by atoms with Gasteiger partial charge in [0.05, 0.1) is 11.9 Å². The summed E-state index contributed by atoms with van der Waals surface area (Å²) in [6.45, 7) is 5.99. The van der Waals surface area contributed by atoms with Crippen LogP contribution in [0.5, 0.6) is 0 Å². The fourth-order valence-electron chi connectivity index (χ4n) is 3.01. The zero-order valence-electron chi connectivity index (χ0n) is 12.5. The molecule has 2 N–H and O–H groups in total. The van der Waals surface area contributed by atoms with E-state index in [0.717, 1.165) is 38.2 Å². The number of aromatic amines is 1. The van der Waals surface area contributed by atoms with Crippen LogP contribution in [0.15, 0.2) is 11.1 Å². The van der Waals surface area contributed by atoms with E-state index in [2.05, 4.69) is 21.8 Å². The average molecular weight is 279 g/mol. The van der Waals surface area contributed by atoms with Gasteiger partial charge in [-0.3, -0.25) is 4.79 Å². The summed E-state index contributed by atoms with van der Waals surface area (Å²) in [5, 5.41) is 9.73. The van der Waals surface area contributed by atoms with Gasteiger partial charge in [-0.15, -0.1) is 0 Å². The molecule has 0 amide bonds. The van der Waals surface area contributed by atoms with Crippen molar-refractivity contribution in [2.45, 2.75) is 46.0 Å². The van der Waals surface area contributed by atoms with Crippen molar-refractivity contribution in [3.63, 3.8) is 0 Å². The van der Waals surface area contributed by atoms with Crippen molar-refractivity contribution in [2.24, 2.45) is 5.41 Å². The van der Waals surface area contributed by atoms with Gasteiger partial charge in [-0.2, -0.15) is 0 Å². The molecule has 0 aliphatic carbocycles. The standard InChI is InChI=1S/C15H25N3O2/c1-3-4-5-15(10-19)6-8-18(9-7-15)13-12(2)14(20)17-11-16-13/h11,19H,3-10H2,1-2H3,(H,16,17,20). The van der Waals surface area contributed by atoms with E-state index in [0.29, 0.717) is 5.56 Å². The second kappa shape index (κ2) is 6.39. The Morgan fingerprint density at radius 3 is 2.75 bits per heavy atom. The molecular formula is C15H25N3O2. The molecule has 0 unspecified atom stereocenters. The number of nitrogens with one attached hydrogen (secondary N) is 1. The van der Waals surface area contributed by atoms with Crippen LogP contribution >= 0.6 is 0 Å². The van der Waals surface area contributed by atoms with Gasteiger partial charge in [-0.1, -0.05) is 19.8 Å². The van der Waals surface area contributed by atoms with E-state index in [9.17, 15) is 9.90 Å². The third-order valence-electron chi connectivity index (χ3n) is 4.58. The quantitative estimate of drug-likeness (QED) is 0.863. The number of hydrogen-bond acceptors (Lipinski definition) is 4. The molecule has 20 heavy (non-hydrogen) atoms. The van der Waals surface area contributed by atoms with E-state index in [-0.39, 0.29) is 17.6 Å². The summed E-state index contributed by atoms with van der Waals surface area (Å²) in [5.41, 5.74) is 0.680. The third kappa shape index (κ3) is 3.03. The molecule has 1 saturated heterocycles.